The van der Waals surface area contributed by atoms with E-state index >= 15 is 0 Å². The van der Waals surface area contributed by atoms with Crippen LogP contribution in [0.15, 0.2) is 24.3 Å². The molecule has 2 rings (SSSR count). The summed E-state index contributed by atoms with van der Waals surface area (Å²) in [4.78, 5) is 12.0. The van der Waals surface area contributed by atoms with Crippen molar-refractivity contribution in [2.45, 2.75) is 32.4 Å². The van der Waals surface area contributed by atoms with Gasteiger partial charge in [0.25, 0.3) is 0 Å². The van der Waals surface area contributed by atoms with Gasteiger partial charge in [0.2, 0.25) is 5.91 Å². The van der Waals surface area contributed by atoms with E-state index in [1.165, 1.54) is 11.1 Å². The highest BCUT2D eigenvalue weighted by Gasteiger charge is 2.27. The minimum absolute atomic E-state index is 0. The maximum atomic E-state index is 12.0. The van der Waals surface area contributed by atoms with Gasteiger partial charge in [0, 0.05) is 13.1 Å². The van der Waals surface area contributed by atoms with Crippen molar-refractivity contribution in [3.63, 3.8) is 0 Å². The lowest BCUT2D eigenvalue weighted by Gasteiger charge is -2.29. The first-order valence-corrected chi connectivity index (χ1v) is 6.85. The average molecular weight is 299 g/mol. The highest BCUT2D eigenvalue weighted by molar-refractivity contribution is 5.85. The number of benzene rings is 1. The Morgan fingerprint density at radius 3 is 2.75 bits per heavy atom. The third kappa shape index (κ3) is 4.78. The summed E-state index contributed by atoms with van der Waals surface area (Å²) in [5, 5.41) is 6.15. The van der Waals surface area contributed by atoms with Crippen LogP contribution in [0.1, 0.15) is 18.1 Å². The quantitative estimate of drug-likeness (QED) is 0.885. The molecule has 0 bridgehead atoms. The summed E-state index contributed by atoms with van der Waals surface area (Å²) in [5.41, 5.74) is 2.50. The monoisotopic (exact) mass is 298 g/mol. The van der Waals surface area contributed by atoms with Crippen LogP contribution in [-0.2, 0) is 16.0 Å². The van der Waals surface area contributed by atoms with Gasteiger partial charge in [0.1, 0.15) is 6.04 Å². The first kappa shape index (κ1) is 17.0. The van der Waals surface area contributed by atoms with E-state index in [9.17, 15) is 4.79 Å². The molecule has 20 heavy (non-hydrogen) atoms. The highest BCUT2D eigenvalue weighted by Crippen LogP contribution is 2.05. The van der Waals surface area contributed by atoms with Crippen molar-refractivity contribution in [1.29, 1.82) is 0 Å². The Morgan fingerprint density at radius 1 is 1.40 bits per heavy atom. The van der Waals surface area contributed by atoms with E-state index in [0.29, 0.717) is 13.2 Å². The van der Waals surface area contributed by atoms with E-state index in [-0.39, 0.29) is 30.5 Å². The van der Waals surface area contributed by atoms with Crippen LogP contribution in [0.5, 0.6) is 0 Å². The van der Waals surface area contributed by atoms with Crippen LogP contribution in [0.4, 0.5) is 0 Å². The summed E-state index contributed by atoms with van der Waals surface area (Å²) in [6.07, 6.45) is 0.793. The molecular weight excluding hydrogens is 276 g/mol. The van der Waals surface area contributed by atoms with E-state index in [1.54, 1.807) is 0 Å². The molecule has 0 aliphatic carbocycles. The Morgan fingerprint density at radius 2 is 2.10 bits per heavy atom. The number of aryl methyl sites for hydroxylation is 1. The molecule has 0 saturated carbocycles. The summed E-state index contributed by atoms with van der Waals surface area (Å²) < 4.78 is 5.47. The van der Waals surface area contributed by atoms with Crippen LogP contribution in [-0.4, -0.2) is 37.7 Å². The molecule has 0 radical (unpaired) electrons. The number of rotatable bonds is 4. The Hall–Kier alpha value is -1.10. The first-order chi connectivity index (χ1) is 9.16. The van der Waals surface area contributed by atoms with E-state index in [4.69, 9.17) is 4.74 Å². The molecule has 5 heteroatoms. The van der Waals surface area contributed by atoms with Gasteiger partial charge in [-0.2, -0.15) is 0 Å². The Balaban J connectivity index is 0.00000200. The lowest BCUT2D eigenvalue weighted by Crippen LogP contribution is -2.55. The lowest BCUT2D eigenvalue weighted by atomic mass is 10.1. The van der Waals surface area contributed by atoms with Gasteiger partial charge in [-0.05, 0) is 25.8 Å². The van der Waals surface area contributed by atoms with Crippen LogP contribution in [0, 0.1) is 6.92 Å². The molecular formula is C15H23ClN2O2. The molecule has 112 valence electrons. The molecule has 1 fully saturated rings. The van der Waals surface area contributed by atoms with E-state index in [0.717, 1.165) is 13.0 Å². The van der Waals surface area contributed by atoms with E-state index in [1.807, 2.05) is 6.92 Å². The van der Waals surface area contributed by atoms with Gasteiger partial charge >= 0.3 is 0 Å². The van der Waals surface area contributed by atoms with Gasteiger partial charge in [-0.3, -0.25) is 4.79 Å². The number of hydrogen-bond acceptors (Lipinski definition) is 3. The molecule has 1 amide bonds. The average Bonchev–Trinajstić information content (AvgIpc) is 2.41. The zero-order chi connectivity index (χ0) is 13.7. The Labute approximate surface area is 126 Å². The summed E-state index contributed by atoms with van der Waals surface area (Å²) in [6, 6.07) is 8.16. The maximum absolute atomic E-state index is 12.0. The predicted octanol–water partition coefficient (Wildman–Crippen LogP) is 1.45. The van der Waals surface area contributed by atoms with Crippen molar-refractivity contribution in [2.24, 2.45) is 0 Å². The number of amides is 1. The molecule has 1 aliphatic rings. The molecule has 4 nitrogen and oxygen atoms in total. The summed E-state index contributed by atoms with van der Waals surface area (Å²) in [5.74, 6) is 0.0271. The normalized spacial score (nSPS) is 21.9. The number of carbonyl (C=O) groups is 1. The smallest absolute Gasteiger partial charge is 0.239 e. The molecule has 2 atom stereocenters. The second kappa shape index (κ2) is 8.25. The van der Waals surface area contributed by atoms with Crippen molar-refractivity contribution in [3.8, 4) is 0 Å². The van der Waals surface area contributed by atoms with Crippen LogP contribution >= 0.6 is 12.4 Å². The minimum Gasteiger partial charge on any atom is -0.375 e. The fourth-order valence-corrected chi connectivity index (χ4v) is 2.22. The number of halogens is 1. The highest BCUT2D eigenvalue weighted by atomic mass is 35.5. The molecule has 1 aromatic rings. The van der Waals surface area contributed by atoms with Crippen molar-refractivity contribution >= 4 is 18.3 Å². The summed E-state index contributed by atoms with van der Waals surface area (Å²) in [7, 11) is 0. The molecule has 1 saturated heterocycles. The number of ether oxygens (including phenoxy) is 1. The van der Waals surface area contributed by atoms with Crippen LogP contribution < -0.4 is 10.6 Å². The molecule has 1 heterocycles. The number of carbonyl (C=O) groups excluding carboxylic acids is 1. The Kier molecular flexibility index (Phi) is 6.99. The van der Waals surface area contributed by atoms with Gasteiger partial charge in [-0.1, -0.05) is 29.8 Å². The molecule has 0 spiro atoms. The van der Waals surface area contributed by atoms with Gasteiger partial charge in [0.15, 0.2) is 0 Å². The standard InChI is InChI=1S/C15H22N2O2.ClH/c1-11-3-5-13(6-4-11)7-8-17-15(18)14-12(2)19-10-9-16-14;/h3-6,12,14,16H,7-10H2,1-2H3,(H,17,18);1H/t12-,14+;/m1./s1. The van der Waals surface area contributed by atoms with Gasteiger partial charge in [0.05, 0.1) is 12.7 Å². The molecule has 1 aromatic carbocycles. The zero-order valence-electron chi connectivity index (χ0n) is 12.0. The van der Waals surface area contributed by atoms with Crippen molar-refractivity contribution in [1.82, 2.24) is 10.6 Å². The molecule has 0 unspecified atom stereocenters. The third-order valence-electron chi connectivity index (χ3n) is 3.43. The second-order valence-corrected chi connectivity index (χ2v) is 5.03. The van der Waals surface area contributed by atoms with Crippen molar-refractivity contribution < 1.29 is 9.53 Å². The van der Waals surface area contributed by atoms with Crippen molar-refractivity contribution in [2.75, 3.05) is 19.7 Å². The number of morpholine rings is 1. The molecule has 1 aliphatic heterocycles. The fourth-order valence-electron chi connectivity index (χ4n) is 2.22. The lowest BCUT2D eigenvalue weighted by molar-refractivity contribution is -0.128. The zero-order valence-corrected chi connectivity index (χ0v) is 12.8. The minimum atomic E-state index is -0.230. The molecule has 0 aromatic heterocycles. The molecule has 2 N–H and O–H groups in total. The Bertz CT molecular complexity index is 422. The van der Waals surface area contributed by atoms with Gasteiger partial charge in [-0.25, -0.2) is 0 Å². The van der Waals surface area contributed by atoms with Crippen LogP contribution in [0.25, 0.3) is 0 Å². The predicted molar refractivity (Wildman–Crippen MR) is 82.3 cm³/mol. The van der Waals surface area contributed by atoms with Gasteiger partial charge < -0.3 is 15.4 Å². The summed E-state index contributed by atoms with van der Waals surface area (Å²) >= 11 is 0. The third-order valence-corrected chi connectivity index (χ3v) is 3.43. The van der Waals surface area contributed by atoms with Crippen LogP contribution in [0.3, 0.4) is 0 Å². The van der Waals surface area contributed by atoms with Gasteiger partial charge in [-0.15, -0.1) is 12.4 Å². The maximum Gasteiger partial charge on any atom is 0.239 e. The second-order valence-electron chi connectivity index (χ2n) is 5.03. The fraction of sp³-hybridized carbons (Fsp3) is 0.533. The van der Waals surface area contributed by atoms with Crippen molar-refractivity contribution in [3.05, 3.63) is 35.4 Å². The van der Waals surface area contributed by atoms with Crippen LogP contribution in [0.2, 0.25) is 0 Å². The van der Waals surface area contributed by atoms with E-state index in [2.05, 4.69) is 41.8 Å². The number of hydrogen-bond donors (Lipinski definition) is 2. The SMILES string of the molecule is Cc1ccc(CCNC(=O)[C@H]2NCCO[C@@H]2C)cc1.Cl. The topological polar surface area (TPSA) is 50.4 Å². The first-order valence-electron chi connectivity index (χ1n) is 6.85. The van der Waals surface area contributed by atoms with E-state index < -0.39 is 0 Å². The summed E-state index contributed by atoms with van der Waals surface area (Å²) in [6.45, 7) is 6.07. The largest absolute Gasteiger partial charge is 0.375 e. The number of nitrogens with one attached hydrogen (secondary N) is 2.